The van der Waals surface area contributed by atoms with Crippen molar-refractivity contribution in [2.75, 3.05) is 0 Å². The lowest BCUT2D eigenvalue weighted by molar-refractivity contribution is -0.120. The van der Waals surface area contributed by atoms with Crippen molar-refractivity contribution in [2.45, 2.75) is 26.4 Å². The van der Waals surface area contributed by atoms with Crippen LogP contribution in [0.3, 0.4) is 0 Å². The van der Waals surface area contributed by atoms with Crippen LogP contribution in [0.25, 0.3) is 21.6 Å². The summed E-state index contributed by atoms with van der Waals surface area (Å²) in [6.07, 6.45) is 5.73. The molecule has 0 unspecified atom stereocenters. The largest absolute Gasteiger partial charge is 0.467 e. The normalized spacial score (nSPS) is 11.1. The number of furan rings is 1. The second-order valence-corrected chi connectivity index (χ2v) is 6.74. The Hall–Kier alpha value is -2.93. The Morgan fingerprint density at radius 3 is 3.08 bits per heavy atom. The van der Waals surface area contributed by atoms with Crippen molar-refractivity contribution in [2.24, 2.45) is 0 Å². The van der Waals surface area contributed by atoms with Crippen LogP contribution >= 0.6 is 11.3 Å². The van der Waals surface area contributed by atoms with E-state index in [1.807, 2.05) is 17.5 Å². The summed E-state index contributed by atoms with van der Waals surface area (Å²) >= 11 is 1.55. The van der Waals surface area contributed by atoms with E-state index in [-0.39, 0.29) is 12.3 Å². The molecule has 0 aliphatic rings. The zero-order valence-corrected chi connectivity index (χ0v) is 15.1. The van der Waals surface area contributed by atoms with Crippen LogP contribution in [-0.2, 0) is 24.3 Å². The van der Waals surface area contributed by atoms with Gasteiger partial charge < -0.3 is 14.3 Å². The maximum atomic E-state index is 12.1. The highest BCUT2D eigenvalue weighted by molar-refractivity contribution is 7.13. The molecule has 0 atom stereocenters. The summed E-state index contributed by atoms with van der Waals surface area (Å²) in [7, 11) is 0. The number of carbonyl (C=O) groups is 1. The number of carbonyl (C=O) groups excluding carboxylic acids is 1. The quantitative estimate of drug-likeness (QED) is 0.565. The van der Waals surface area contributed by atoms with E-state index >= 15 is 0 Å². The van der Waals surface area contributed by atoms with E-state index < -0.39 is 0 Å². The molecule has 0 bridgehead atoms. The van der Waals surface area contributed by atoms with Gasteiger partial charge in [0.25, 0.3) is 0 Å². The van der Waals surface area contributed by atoms with Crippen molar-refractivity contribution < 1.29 is 9.21 Å². The van der Waals surface area contributed by atoms with E-state index in [9.17, 15) is 4.79 Å². The number of fused-ring (bicyclic) bond motifs is 1. The zero-order chi connectivity index (χ0) is 17.9. The summed E-state index contributed by atoms with van der Waals surface area (Å²) in [5.74, 6) is 0.660. The predicted octanol–water partition coefficient (Wildman–Crippen LogP) is 3.63. The molecule has 0 aromatic carbocycles. The van der Waals surface area contributed by atoms with Crippen LogP contribution in [0, 0.1) is 0 Å². The van der Waals surface area contributed by atoms with Gasteiger partial charge >= 0.3 is 0 Å². The predicted molar refractivity (Wildman–Crippen MR) is 101 cm³/mol. The van der Waals surface area contributed by atoms with Crippen molar-refractivity contribution in [3.8, 4) is 10.6 Å². The lowest BCUT2D eigenvalue weighted by atomic mass is 10.2. The maximum Gasteiger partial charge on any atom is 0.226 e. The van der Waals surface area contributed by atoms with Crippen molar-refractivity contribution in [3.63, 3.8) is 0 Å². The number of amides is 1. The molecule has 4 aromatic rings. The SMILES string of the molecule is CCn1cc(-c2nc(CC(=O)NCc3ccco3)cs2)c2cccnc21. The van der Waals surface area contributed by atoms with Gasteiger partial charge in [0.1, 0.15) is 16.4 Å². The minimum atomic E-state index is -0.0732. The molecule has 26 heavy (non-hydrogen) atoms. The number of hydrogen-bond donors (Lipinski definition) is 1. The number of pyridine rings is 1. The van der Waals surface area contributed by atoms with Crippen LogP contribution in [0.15, 0.2) is 52.7 Å². The second-order valence-electron chi connectivity index (χ2n) is 5.88. The van der Waals surface area contributed by atoms with Gasteiger partial charge in [0.05, 0.1) is 24.9 Å². The molecule has 1 N–H and O–H groups in total. The second kappa shape index (κ2) is 7.13. The third-order valence-electron chi connectivity index (χ3n) is 4.14. The smallest absolute Gasteiger partial charge is 0.226 e. The minimum absolute atomic E-state index is 0.0732. The third kappa shape index (κ3) is 3.25. The van der Waals surface area contributed by atoms with Gasteiger partial charge in [0.15, 0.2) is 0 Å². The van der Waals surface area contributed by atoms with Gasteiger partial charge in [0.2, 0.25) is 5.91 Å². The number of nitrogens with zero attached hydrogens (tertiary/aromatic N) is 3. The Morgan fingerprint density at radius 1 is 1.35 bits per heavy atom. The zero-order valence-electron chi connectivity index (χ0n) is 14.3. The van der Waals surface area contributed by atoms with E-state index in [1.165, 1.54) is 0 Å². The average Bonchev–Trinajstić information content (AvgIpc) is 3.39. The molecule has 4 heterocycles. The number of aryl methyl sites for hydroxylation is 1. The first kappa shape index (κ1) is 16.5. The molecule has 7 heteroatoms. The Labute approximate surface area is 154 Å². The number of hydrogen-bond acceptors (Lipinski definition) is 5. The number of rotatable bonds is 6. The Bertz CT molecular complexity index is 1030. The first-order chi connectivity index (χ1) is 12.7. The number of nitrogens with one attached hydrogen (secondary N) is 1. The molecule has 0 spiro atoms. The molecule has 4 aromatic heterocycles. The lowest BCUT2D eigenvalue weighted by Crippen LogP contribution is -2.24. The van der Waals surface area contributed by atoms with Crippen molar-refractivity contribution >= 4 is 28.3 Å². The highest BCUT2D eigenvalue weighted by Gasteiger charge is 2.15. The lowest BCUT2D eigenvalue weighted by Gasteiger charge is -2.01. The highest BCUT2D eigenvalue weighted by Crippen LogP contribution is 2.31. The minimum Gasteiger partial charge on any atom is -0.467 e. The van der Waals surface area contributed by atoms with Gasteiger partial charge in [-0.05, 0) is 31.2 Å². The van der Waals surface area contributed by atoms with Crippen LogP contribution in [0.1, 0.15) is 18.4 Å². The summed E-state index contributed by atoms with van der Waals surface area (Å²) < 4.78 is 7.33. The Morgan fingerprint density at radius 2 is 2.27 bits per heavy atom. The summed E-state index contributed by atoms with van der Waals surface area (Å²) in [6.45, 7) is 3.33. The maximum absolute atomic E-state index is 12.1. The molecule has 132 valence electrons. The van der Waals surface area contributed by atoms with E-state index in [0.29, 0.717) is 6.54 Å². The number of thiazole rings is 1. The molecular formula is C19H18N4O2S. The first-order valence-electron chi connectivity index (χ1n) is 8.42. The molecule has 6 nitrogen and oxygen atoms in total. The van der Waals surface area contributed by atoms with E-state index in [1.54, 1.807) is 29.9 Å². The molecule has 1 amide bonds. The van der Waals surface area contributed by atoms with Gasteiger partial charge in [0, 0.05) is 35.3 Å². The van der Waals surface area contributed by atoms with Crippen LogP contribution in [0.5, 0.6) is 0 Å². The standard InChI is InChI=1S/C19H18N4O2S/c1-2-23-11-16(15-6-3-7-20-18(15)23)19-22-13(12-26-19)9-17(24)21-10-14-5-4-8-25-14/h3-8,11-12H,2,9-10H2,1H3,(H,21,24). The fourth-order valence-corrected chi connectivity index (χ4v) is 3.72. The van der Waals surface area contributed by atoms with Crippen molar-refractivity contribution in [1.82, 2.24) is 19.9 Å². The van der Waals surface area contributed by atoms with Crippen LogP contribution in [-0.4, -0.2) is 20.4 Å². The molecule has 0 saturated heterocycles. The monoisotopic (exact) mass is 366 g/mol. The average molecular weight is 366 g/mol. The van der Waals surface area contributed by atoms with Gasteiger partial charge in [-0.2, -0.15) is 0 Å². The topological polar surface area (TPSA) is 73.0 Å². The molecule has 4 rings (SSSR count). The first-order valence-corrected chi connectivity index (χ1v) is 9.30. The van der Waals surface area contributed by atoms with E-state index in [0.717, 1.165) is 39.6 Å². The van der Waals surface area contributed by atoms with Gasteiger partial charge in [-0.3, -0.25) is 4.79 Å². The summed E-state index contributed by atoms with van der Waals surface area (Å²) in [5.41, 5.74) is 2.78. The molecule has 0 fully saturated rings. The fourth-order valence-electron chi connectivity index (χ4n) is 2.87. The van der Waals surface area contributed by atoms with Gasteiger partial charge in [-0.1, -0.05) is 0 Å². The Kier molecular flexibility index (Phi) is 4.53. The van der Waals surface area contributed by atoms with Crippen LogP contribution in [0.4, 0.5) is 0 Å². The van der Waals surface area contributed by atoms with Crippen molar-refractivity contribution in [1.29, 1.82) is 0 Å². The molecule has 0 aliphatic carbocycles. The van der Waals surface area contributed by atoms with Crippen molar-refractivity contribution in [3.05, 3.63) is 59.8 Å². The highest BCUT2D eigenvalue weighted by atomic mass is 32.1. The third-order valence-corrected chi connectivity index (χ3v) is 5.06. The Balaban J connectivity index is 1.50. The fraction of sp³-hybridized carbons (Fsp3) is 0.211. The van der Waals surface area contributed by atoms with Gasteiger partial charge in [-0.25, -0.2) is 9.97 Å². The molecule has 0 aliphatic heterocycles. The van der Waals surface area contributed by atoms with E-state index in [2.05, 4.69) is 39.0 Å². The van der Waals surface area contributed by atoms with E-state index in [4.69, 9.17) is 4.42 Å². The van der Waals surface area contributed by atoms with Gasteiger partial charge in [-0.15, -0.1) is 11.3 Å². The summed E-state index contributed by atoms with van der Waals surface area (Å²) in [5, 5.41) is 6.77. The summed E-state index contributed by atoms with van der Waals surface area (Å²) in [4.78, 5) is 21.2. The molecular weight excluding hydrogens is 348 g/mol. The number of aromatic nitrogens is 3. The molecule has 0 radical (unpaired) electrons. The van der Waals surface area contributed by atoms with Crippen LogP contribution in [0.2, 0.25) is 0 Å². The van der Waals surface area contributed by atoms with Crippen LogP contribution < -0.4 is 5.32 Å². The molecule has 0 saturated carbocycles. The summed E-state index contributed by atoms with van der Waals surface area (Å²) in [6, 6.07) is 7.62.